The van der Waals surface area contributed by atoms with Crippen LogP contribution in [-0.2, 0) is 17.7 Å². The lowest BCUT2D eigenvalue weighted by Crippen LogP contribution is -2.47. The molecule has 3 aliphatic heterocycles. The Morgan fingerprint density at radius 1 is 0.967 bits per heavy atom. The largest absolute Gasteiger partial charge is 0.381 e. The van der Waals surface area contributed by atoms with Crippen LogP contribution in [0, 0.1) is 0 Å². The van der Waals surface area contributed by atoms with Crippen LogP contribution in [0.2, 0.25) is 0 Å². The number of amides is 1. The van der Waals surface area contributed by atoms with Crippen molar-refractivity contribution in [1.29, 1.82) is 0 Å². The van der Waals surface area contributed by atoms with E-state index in [2.05, 4.69) is 14.6 Å². The van der Waals surface area contributed by atoms with Gasteiger partial charge in [0.15, 0.2) is 5.82 Å². The van der Waals surface area contributed by atoms with Crippen LogP contribution in [0.4, 0.5) is 0 Å². The van der Waals surface area contributed by atoms with E-state index in [-0.39, 0.29) is 5.91 Å². The zero-order valence-electron chi connectivity index (χ0n) is 17.4. The molecule has 0 unspecified atom stereocenters. The first kappa shape index (κ1) is 19.6. The first-order valence-electron chi connectivity index (χ1n) is 11.2. The van der Waals surface area contributed by atoms with E-state index >= 15 is 0 Å². The summed E-state index contributed by atoms with van der Waals surface area (Å²) in [5.74, 6) is 2.72. The Labute approximate surface area is 177 Å². The van der Waals surface area contributed by atoms with Crippen LogP contribution in [0.5, 0.6) is 0 Å². The van der Waals surface area contributed by atoms with Crippen LogP contribution in [0.15, 0.2) is 24.5 Å². The predicted octanol–water partition coefficient (Wildman–Crippen LogP) is 1.73. The van der Waals surface area contributed by atoms with Crippen LogP contribution >= 0.6 is 0 Å². The number of hydrogen-bond acceptors (Lipinski definition) is 6. The maximum atomic E-state index is 12.7. The maximum Gasteiger partial charge on any atom is 0.253 e. The maximum absolute atomic E-state index is 12.7. The molecule has 0 aromatic carbocycles. The Hall–Kier alpha value is -2.32. The molecular weight excluding hydrogens is 380 g/mol. The molecule has 2 aromatic rings. The second-order valence-electron chi connectivity index (χ2n) is 8.54. The topological polar surface area (TPSA) is 76.4 Å². The van der Waals surface area contributed by atoms with Crippen molar-refractivity contribution in [2.45, 2.75) is 50.6 Å². The van der Waals surface area contributed by atoms with Gasteiger partial charge in [-0.25, -0.2) is 9.67 Å². The molecule has 5 rings (SSSR count). The number of rotatable bonds is 3. The normalized spacial score (nSPS) is 21.9. The second kappa shape index (κ2) is 8.81. The second-order valence-corrected chi connectivity index (χ2v) is 8.54. The number of fused-ring (bicyclic) bond motifs is 1. The number of likely N-dealkylation sites (tertiary alicyclic amines) is 1. The van der Waals surface area contributed by atoms with Crippen molar-refractivity contribution in [1.82, 2.24) is 29.5 Å². The zero-order valence-corrected chi connectivity index (χ0v) is 17.4. The highest BCUT2D eigenvalue weighted by atomic mass is 16.5. The highest BCUT2D eigenvalue weighted by Gasteiger charge is 2.30. The molecule has 0 saturated carbocycles. The van der Waals surface area contributed by atoms with Gasteiger partial charge in [0.25, 0.3) is 5.91 Å². The lowest BCUT2D eigenvalue weighted by atomic mass is 10.00. The summed E-state index contributed by atoms with van der Waals surface area (Å²) in [7, 11) is 0. The van der Waals surface area contributed by atoms with Crippen molar-refractivity contribution in [2.75, 3.05) is 39.4 Å². The molecule has 2 saturated heterocycles. The molecule has 8 heteroatoms. The number of pyridine rings is 1. The van der Waals surface area contributed by atoms with Gasteiger partial charge in [0.2, 0.25) is 0 Å². The van der Waals surface area contributed by atoms with Gasteiger partial charge in [-0.15, -0.1) is 0 Å². The Morgan fingerprint density at radius 2 is 1.73 bits per heavy atom. The molecule has 0 bridgehead atoms. The number of nitrogens with zero attached hydrogens (tertiary/aromatic N) is 6. The third-order valence-corrected chi connectivity index (χ3v) is 6.77. The summed E-state index contributed by atoms with van der Waals surface area (Å²) in [6.45, 7) is 6.22. The molecule has 0 spiro atoms. The van der Waals surface area contributed by atoms with Crippen molar-refractivity contribution in [3.05, 3.63) is 41.7 Å². The van der Waals surface area contributed by atoms with Crippen molar-refractivity contribution < 1.29 is 9.53 Å². The van der Waals surface area contributed by atoms with Crippen LogP contribution in [0.1, 0.15) is 53.6 Å². The molecule has 5 heterocycles. The van der Waals surface area contributed by atoms with Gasteiger partial charge >= 0.3 is 0 Å². The van der Waals surface area contributed by atoms with E-state index in [0.29, 0.717) is 12.0 Å². The molecule has 2 aromatic heterocycles. The molecule has 2 fully saturated rings. The lowest BCUT2D eigenvalue weighted by Gasteiger charge is -2.38. The molecule has 160 valence electrons. The number of carbonyl (C=O) groups is 1. The summed E-state index contributed by atoms with van der Waals surface area (Å²) < 4.78 is 7.61. The summed E-state index contributed by atoms with van der Waals surface area (Å²) in [5, 5.41) is 4.85. The minimum absolute atomic E-state index is 0.122. The minimum Gasteiger partial charge on any atom is -0.381 e. The van der Waals surface area contributed by atoms with Gasteiger partial charge in [0.05, 0.1) is 6.54 Å². The highest BCUT2D eigenvalue weighted by molar-refractivity contribution is 5.94. The molecule has 30 heavy (non-hydrogen) atoms. The number of aromatic nitrogens is 4. The molecule has 0 aliphatic carbocycles. The Kier molecular flexibility index (Phi) is 5.77. The lowest BCUT2D eigenvalue weighted by molar-refractivity contribution is 0.0619. The Balaban J connectivity index is 1.15. The average molecular weight is 411 g/mol. The van der Waals surface area contributed by atoms with Crippen LogP contribution < -0.4 is 0 Å². The van der Waals surface area contributed by atoms with E-state index in [0.717, 1.165) is 95.3 Å². The summed E-state index contributed by atoms with van der Waals surface area (Å²) in [5.41, 5.74) is 0.732. The number of piperidine rings is 1. The van der Waals surface area contributed by atoms with E-state index < -0.39 is 0 Å². The van der Waals surface area contributed by atoms with E-state index in [4.69, 9.17) is 14.8 Å². The van der Waals surface area contributed by atoms with Gasteiger partial charge in [-0.2, -0.15) is 5.10 Å². The molecule has 1 amide bonds. The van der Waals surface area contributed by atoms with Gasteiger partial charge in [-0.3, -0.25) is 14.7 Å². The van der Waals surface area contributed by atoms with Crippen molar-refractivity contribution >= 4 is 5.91 Å². The molecular formula is C22H30N6O2. The monoisotopic (exact) mass is 410 g/mol. The number of carbonyl (C=O) groups excluding carboxylic acids is 1. The number of ether oxygens (including phenoxy) is 1. The van der Waals surface area contributed by atoms with Gasteiger partial charge in [-0.1, -0.05) is 0 Å². The quantitative estimate of drug-likeness (QED) is 0.767. The summed E-state index contributed by atoms with van der Waals surface area (Å²) in [6.07, 6.45) is 8.44. The van der Waals surface area contributed by atoms with Gasteiger partial charge < -0.3 is 9.64 Å². The molecule has 0 radical (unpaired) electrons. The van der Waals surface area contributed by atoms with E-state index in [1.807, 2.05) is 4.90 Å². The van der Waals surface area contributed by atoms with E-state index in [1.54, 1.807) is 24.5 Å². The van der Waals surface area contributed by atoms with Crippen molar-refractivity contribution in [3.63, 3.8) is 0 Å². The highest BCUT2D eigenvalue weighted by Crippen LogP contribution is 2.26. The summed E-state index contributed by atoms with van der Waals surface area (Å²) >= 11 is 0. The van der Waals surface area contributed by atoms with Crippen LogP contribution in [-0.4, -0.2) is 80.9 Å². The fourth-order valence-electron chi connectivity index (χ4n) is 4.94. The van der Waals surface area contributed by atoms with E-state index in [9.17, 15) is 4.79 Å². The van der Waals surface area contributed by atoms with E-state index in [1.165, 1.54) is 0 Å². The predicted molar refractivity (Wildman–Crippen MR) is 111 cm³/mol. The van der Waals surface area contributed by atoms with Gasteiger partial charge in [-0.05, 0) is 37.8 Å². The standard InChI is InChI=1S/C22H30N6O2/c29-22(18-1-8-23-9-2-18)27-10-3-19(4-11-27)26-12-5-20-24-21(25-28(20)14-13-26)17-6-15-30-16-7-17/h1-2,8-9,17,19H,3-7,10-16H2. The molecule has 8 nitrogen and oxygen atoms in total. The van der Waals surface area contributed by atoms with Crippen LogP contribution in [0.25, 0.3) is 0 Å². The molecule has 0 N–H and O–H groups in total. The third-order valence-electron chi connectivity index (χ3n) is 6.77. The summed E-state index contributed by atoms with van der Waals surface area (Å²) in [4.78, 5) is 26.1. The SMILES string of the molecule is O=C(c1ccncc1)N1CCC(N2CCc3nc(C4CCOCC4)nn3CC2)CC1. The van der Waals surface area contributed by atoms with Crippen molar-refractivity contribution in [2.24, 2.45) is 0 Å². The van der Waals surface area contributed by atoms with Gasteiger partial charge in [0, 0.05) is 75.7 Å². The Bertz CT molecular complexity index is 830. The zero-order chi connectivity index (χ0) is 20.3. The Morgan fingerprint density at radius 3 is 2.50 bits per heavy atom. The van der Waals surface area contributed by atoms with Crippen LogP contribution in [0.3, 0.4) is 0 Å². The molecule has 3 aliphatic rings. The summed E-state index contributed by atoms with van der Waals surface area (Å²) in [6, 6.07) is 4.13. The van der Waals surface area contributed by atoms with Gasteiger partial charge in [0.1, 0.15) is 5.82 Å². The fourth-order valence-corrected chi connectivity index (χ4v) is 4.94. The minimum atomic E-state index is 0.122. The number of hydrogen-bond donors (Lipinski definition) is 0. The molecule has 0 atom stereocenters. The average Bonchev–Trinajstić information content (AvgIpc) is 3.13. The smallest absolute Gasteiger partial charge is 0.253 e. The fraction of sp³-hybridized carbons (Fsp3) is 0.636. The first-order valence-corrected chi connectivity index (χ1v) is 11.2. The van der Waals surface area contributed by atoms with Crippen molar-refractivity contribution in [3.8, 4) is 0 Å². The first-order chi connectivity index (χ1) is 14.8. The third kappa shape index (κ3) is 4.11.